The van der Waals surface area contributed by atoms with Crippen molar-refractivity contribution in [3.8, 4) is 0 Å². The third-order valence-corrected chi connectivity index (χ3v) is 5.89. The van der Waals surface area contributed by atoms with Crippen LogP contribution < -0.4 is 0 Å². The highest BCUT2D eigenvalue weighted by Gasteiger charge is 2.46. The number of aryl methyl sites for hydroxylation is 3. The maximum absolute atomic E-state index is 5.55. The molecule has 0 spiro atoms. The number of rotatable bonds is 5. The molecule has 5 rings (SSSR count). The third kappa shape index (κ3) is 3.16. The number of benzene rings is 1. The number of hydrogen-bond donors (Lipinski definition) is 1. The summed E-state index contributed by atoms with van der Waals surface area (Å²) in [5.74, 6) is 3.52. The molecular weight excluding hydrogens is 340 g/mol. The molecule has 2 aromatic heterocycles. The summed E-state index contributed by atoms with van der Waals surface area (Å²) in [6.07, 6.45) is 4.91. The van der Waals surface area contributed by atoms with Crippen LogP contribution in [0.5, 0.6) is 0 Å². The standard InChI is InChI=1S/C20H24N6O/c1-13-21-18(24-23-13)9-10-19-22-20(25-27-19)15-12-17(14-6-3-2-4-7-14)26-11-5-8-16(15)26/h2-4,6-7,15-17H,5,8-12H2,1H3,(H,21,23,24)/t15-,16+,17-/m1/s1. The lowest BCUT2D eigenvalue weighted by Crippen LogP contribution is -2.27. The summed E-state index contributed by atoms with van der Waals surface area (Å²) in [7, 11) is 0. The Morgan fingerprint density at radius 1 is 1.19 bits per heavy atom. The number of nitrogens with zero attached hydrogens (tertiary/aromatic N) is 5. The van der Waals surface area contributed by atoms with Gasteiger partial charge in [0.15, 0.2) is 11.6 Å². The number of nitrogens with one attached hydrogen (secondary N) is 1. The van der Waals surface area contributed by atoms with Gasteiger partial charge in [-0.1, -0.05) is 35.5 Å². The van der Waals surface area contributed by atoms with E-state index in [2.05, 4.69) is 55.6 Å². The molecule has 140 valence electrons. The van der Waals surface area contributed by atoms with Crippen molar-refractivity contribution in [3.63, 3.8) is 0 Å². The normalized spacial score (nSPS) is 25.1. The van der Waals surface area contributed by atoms with E-state index >= 15 is 0 Å². The molecule has 4 heterocycles. The maximum atomic E-state index is 5.55. The fraction of sp³-hybridized carbons (Fsp3) is 0.500. The largest absolute Gasteiger partial charge is 0.339 e. The quantitative estimate of drug-likeness (QED) is 0.749. The lowest BCUT2D eigenvalue weighted by Gasteiger charge is -2.24. The molecule has 1 N–H and O–H groups in total. The average Bonchev–Trinajstić information content (AvgIpc) is 3.45. The van der Waals surface area contributed by atoms with Gasteiger partial charge in [-0.25, -0.2) is 4.98 Å². The van der Waals surface area contributed by atoms with Crippen LogP contribution in [0.1, 0.15) is 60.1 Å². The first-order valence-electron chi connectivity index (χ1n) is 9.79. The van der Waals surface area contributed by atoms with Gasteiger partial charge in [0.2, 0.25) is 5.89 Å². The van der Waals surface area contributed by atoms with Gasteiger partial charge in [0, 0.05) is 30.8 Å². The summed E-state index contributed by atoms with van der Waals surface area (Å²) in [6.45, 7) is 3.06. The molecule has 0 aliphatic carbocycles. The lowest BCUT2D eigenvalue weighted by atomic mass is 9.94. The molecule has 0 bridgehead atoms. The Bertz CT molecular complexity index is 904. The molecule has 0 radical (unpaired) electrons. The van der Waals surface area contributed by atoms with Crippen LogP contribution in [0.15, 0.2) is 34.9 Å². The Morgan fingerprint density at radius 3 is 2.89 bits per heavy atom. The van der Waals surface area contributed by atoms with Gasteiger partial charge < -0.3 is 4.52 Å². The molecule has 2 aliphatic heterocycles. The number of hydrogen-bond acceptors (Lipinski definition) is 6. The van der Waals surface area contributed by atoms with Crippen LogP contribution in [0.3, 0.4) is 0 Å². The molecule has 27 heavy (non-hydrogen) atoms. The minimum Gasteiger partial charge on any atom is -0.339 e. The van der Waals surface area contributed by atoms with Crippen molar-refractivity contribution in [2.75, 3.05) is 6.54 Å². The van der Waals surface area contributed by atoms with Crippen LogP contribution in [0, 0.1) is 6.92 Å². The predicted molar refractivity (Wildman–Crippen MR) is 99.1 cm³/mol. The van der Waals surface area contributed by atoms with Crippen molar-refractivity contribution >= 4 is 0 Å². The van der Waals surface area contributed by atoms with Gasteiger partial charge in [0.05, 0.1) is 0 Å². The first-order chi connectivity index (χ1) is 13.3. The van der Waals surface area contributed by atoms with Gasteiger partial charge in [-0.05, 0) is 38.3 Å². The second kappa shape index (κ2) is 6.88. The van der Waals surface area contributed by atoms with Crippen LogP contribution in [-0.2, 0) is 12.8 Å². The molecule has 7 heteroatoms. The summed E-state index contributed by atoms with van der Waals surface area (Å²) in [4.78, 5) is 11.7. The number of H-pyrrole nitrogens is 1. The van der Waals surface area contributed by atoms with Gasteiger partial charge >= 0.3 is 0 Å². The zero-order valence-electron chi connectivity index (χ0n) is 15.5. The summed E-state index contributed by atoms with van der Waals surface area (Å²) < 4.78 is 5.55. The topological polar surface area (TPSA) is 83.7 Å². The molecule has 3 atom stereocenters. The molecule has 2 fully saturated rings. The zero-order valence-corrected chi connectivity index (χ0v) is 15.5. The summed E-state index contributed by atoms with van der Waals surface area (Å²) >= 11 is 0. The fourth-order valence-electron chi connectivity index (χ4n) is 4.69. The van der Waals surface area contributed by atoms with E-state index in [0.717, 1.165) is 30.4 Å². The monoisotopic (exact) mass is 364 g/mol. The van der Waals surface area contributed by atoms with Crippen LogP contribution in [0.4, 0.5) is 0 Å². The predicted octanol–water partition coefficient (Wildman–Crippen LogP) is 2.97. The van der Waals surface area contributed by atoms with Crippen molar-refractivity contribution in [2.24, 2.45) is 0 Å². The van der Waals surface area contributed by atoms with Crippen molar-refractivity contribution in [1.82, 2.24) is 30.2 Å². The van der Waals surface area contributed by atoms with Crippen molar-refractivity contribution in [3.05, 3.63) is 59.3 Å². The molecule has 0 unspecified atom stereocenters. The lowest BCUT2D eigenvalue weighted by molar-refractivity contribution is 0.243. The SMILES string of the molecule is Cc1nc(CCc2nc([C@@H]3C[C@H](c4ccccc4)N4CCC[C@@H]34)no2)n[nH]1. The van der Waals surface area contributed by atoms with Crippen LogP contribution in [0.25, 0.3) is 0 Å². The van der Waals surface area contributed by atoms with E-state index in [1.807, 2.05) is 6.92 Å². The number of aromatic nitrogens is 5. The highest BCUT2D eigenvalue weighted by atomic mass is 16.5. The third-order valence-electron chi connectivity index (χ3n) is 5.89. The minimum absolute atomic E-state index is 0.348. The van der Waals surface area contributed by atoms with Crippen molar-refractivity contribution in [1.29, 1.82) is 0 Å². The zero-order chi connectivity index (χ0) is 18.2. The van der Waals surface area contributed by atoms with E-state index in [0.29, 0.717) is 36.7 Å². The molecule has 7 nitrogen and oxygen atoms in total. The average molecular weight is 364 g/mol. The molecule has 0 saturated carbocycles. The maximum Gasteiger partial charge on any atom is 0.227 e. The van der Waals surface area contributed by atoms with Gasteiger partial charge in [0.25, 0.3) is 0 Å². The first-order valence-corrected chi connectivity index (χ1v) is 9.79. The van der Waals surface area contributed by atoms with Crippen LogP contribution >= 0.6 is 0 Å². The second-order valence-electron chi connectivity index (χ2n) is 7.60. The summed E-state index contributed by atoms with van der Waals surface area (Å²) in [5, 5.41) is 11.4. The highest BCUT2D eigenvalue weighted by molar-refractivity contribution is 5.24. The molecule has 2 aliphatic rings. The molecule has 3 aromatic rings. The van der Waals surface area contributed by atoms with E-state index in [1.165, 1.54) is 18.4 Å². The summed E-state index contributed by atoms with van der Waals surface area (Å²) in [6, 6.07) is 11.8. The van der Waals surface area contributed by atoms with Gasteiger partial charge in [-0.2, -0.15) is 10.1 Å². The Kier molecular flexibility index (Phi) is 4.24. The van der Waals surface area contributed by atoms with E-state index in [-0.39, 0.29) is 0 Å². The van der Waals surface area contributed by atoms with Crippen LogP contribution in [0.2, 0.25) is 0 Å². The minimum atomic E-state index is 0.348. The Morgan fingerprint density at radius 2 is 2.07 bits per heavy atom. The van der Waals surface area contributed by atoms with Crippen LogP contribution in [-0.4, -0.2) is 42.8 Å². The fourth-order valence-corrected chi connectivity index (χ4v) is 4.69. The van der Waals surface area contributed by atoms with Crippen molar-refractivity contribution < 1.29 is 4.52 Å². The summed E-state index contributed by atoms with van der Waals surface area (Å²) in [5.41, 5.74) is 1.40. The molecule has 0 amide bonds. The number of fused-ring (bicyclic) bond motifs is 1. The van der Waals surface area contributed by atoms with Gasteiger partial charge in [-0.3, -0.25) is 10.00 Å². The van der Waals surface area contributed by atoms with E-state index in [4.69, 9.17) is 9.51 Å². The van der Waals surface area contributed by atoms with E-state index in [9.17, 15) is 0 Å². The Balaban J connectivity index is 1.32. The molecule has 2 saturated heterocycles. The van der Waals surface area contributed by atoms with Gasteiger partial charge in [0.1, 0.15) is 5.82 Å². The molecular formula is C20H24N6O. The number of aromatic amines is 1. The first kappa shape index (κ1) is 16.6. The smallest absolute Gasteiger partial charge is 0.227 e. The Labute approximate surface area is 158 Å². The second-order valence-corrected chi connectivity index (χ2v) is 7.60. The van der Waals surface area contributed by atoms with E-state index in [1.54, 1.807) is 0 Å². The van der Waals surface area contributed by atoms with Crippen molar-refractivity contribution in [2.45, 2.75) is 57.0 Å². The Hall–Kier alpha value is -2.54. The van der Waals surface area contributed by atoms with E-state index < -0.39 is 0 Å². The highest BCUT2D eigenvalue weighted by Crippen LogP contribution is 2.48. The van der Waals surface area contributed by atoms with Gasteiger partial charge in [-0.15, -0.1) is 0 Å². The molecule has 1 aromatic carbocycles.